The van der Waals surface area contributed by atoms with Crippen LogP contribution in [-0.2, 0) is 0 Å². The molecule has 0 spiro atoms. The molecule has 0 bridgehead atoms. The standard InChI is InChI=1S/C23H21FN6O/c1-16(31)17-6-8-18(9-7-17)28-12-14-29(15-13-28)22-11-10-21-25-26-23(30(21)27-22)19-4-2-3-5-20(19)24/h2-11H,12-15H2,1H3. The van der Waals surface area contributed by atoms with Gasteiger partial charge in [-0.1, -0.05) is 12.1 Å². The molecule has 0 aliphatic carbocycles. The molecule has 0 N–H and O–H groups in total. The van der Waals surface area contributed by atoms with Gasteiger partial charge in [0.05, 0.1) is 5.56 Å². The number of piperazine rings is 1. The first kappa shape index (κ1) is 19.2. The lowest BCUT2D eigenvalue weighted by molar-refractivity contribution is 0.101. The van der Waals surface area contributed by atoms with Crippen LogP contribution in [-0.4, -0.2) is 51.8 Å². The number of halogens is 1. The molecule has 0 unspecified atom stereocenters. The van der Waals surface area contributed by atoms with Gasteiger partial charge in [0, 0.05) is 37.4 Å². The lowest BCUT2D eigenvalue weighted by Crippen LogP contribution is -2.47. The van der Waals surface area contributed by atoms with E-state index in [0.29, 0.717) is 17.0 Å². The summed E-state index contributed by atoms with van der Waals surface area (Å²) in [6.45, 7) is 4.84. The third kappa shape index (κ3) is 3.61. The minimum absolute atomic E-state index is 0.0709. The molecule has 0 radical (unpaired) electrons. The first-order valence-electron chi connectivity index (χ1n) is 10.2. The molecular weight excluding hydrogens is 395 g/mol. The predicted octanol–water partition coefficient (Wildman–Crippen LogP) is 3.46. The van der Waals surface area contributed by atoms with Crippen molar-refractivity contribution in [3.8, 4) is 11.4 Å². The Hall–Kier alpha value is -3.81. The van der Waals surface area contributed by atoms with Crippen molar-refractivity contribution >= 4 is 22.9 Å². The van der Waals surface area contributed by atoms with Gasteiger partial charge in [-0.3, -0.25) is 4.79 Å². The SMILES string of the molecule is CC(=O)c1ccc(N2CCN(c3ccc4nnc(-c5ccccc5F)n4n3)CC2)cc1. The summed E-state index contributed by atoms with van der Waals surface area (Å²) in [5.74, 6) is 0.908. The van der Waals surface area contributed by atoms with E-state index < -0.39 is 0 Å². The van der Waals surface area contributed by atoms with Gasteiger partial charge in [-0.25, -0.2) is 4.39 Å². The molecule has 0 atom stereocenters. The Morgan fingerprint density at radius 2 is 1.58 bits per heavy atom. The number of nitrogens with zero attached hydrogens (tertiary/aromatic N) is 6. The van der Waals surface area contributed by atoms with E-state index >= 15 is 0 Å². The van der Waals surface area contributed by atoms with E-state index in [9.17, 15) is 9.18 Å². The summed E-state index contributed by atoms with van der Waals surface area (Å²) in [6.07, 6.45) is 0. The topological polar surface area (TPSA) is 66.6 Å². The van der Waals surface area contributed by atoms with Crippen LogP contribution in [0.4, 0.5) is 15.9 Å². The molecule has 1 saturated heterocycles. The number of hydrogen-bond donors (Lipinski definition) is 0. The normalized spacial score (nSPS) is 14.3. The van der Waals surface area contributed by atoms with E-state index in [1.165, 1.54) is 6.07 Å². The summed E-state index contributed by atoms with van der Waals surface area (Å²) in [6, 6.07) is 18.0. The molecular formula is C23H21FN6O. The van der Waals surface area contributed by atoms with E-state index in [1.807, 2.05) is 36.4 Å². The number of carbonyl (C=O) groups excluding carboxylic acids is 1. The molecule has 2 aromatic heterocycles. The van der Waals surface area contributed by atoms with E-state index in [1.54, 1.807) is 29.6 Å². The Bertz CT molecular complexity index is 1240. The van der Waals surface area contributed by atoms with Crippen molar-refractivity contribution in [3.05, 3.63) is 72.0 Å². The highest BCUT2D eigenvalue weighted by Crippen LogP contribution is 2.24. The monoisotopic (exact) mass is 416 g/mol. The zero-order valence-corrected chi connectivity index (χ0v) is 17.1. The third-order valence-corrected chi connectivity index (χ3v) is 5.61. The molecule has 4 aromatic rings. The first-order valence-corrected chi connectivity index (χ1v) is 10.2. The minimum atomic E-state index is -0.353. The van der Waals surface area contributed by atoms with Crippen molar-refractivity contribution < 1.29 is 9.18 Å². The number of benzene rings is 2. The maximum atomic E-state index is 14.3. The average Bonchev–Trinajstić information content (AvgIpc) is 3.23. The second kappa shape index (κ2) is 7.79. The number of carbonyl (C=O) groups is 1. The van der Waals surface area contributed by atoms with E-state index in [-0.39, 0.29) is 11.6 Å². The Kier molecular flexibility index (Phi) is 4.82. The summed E-state index contributed by atoms with van der Waals surface area (Å²) in [5, 5.41) is 13.0. The second-order valence-corrected chi connectivity index (χ2v) is 7.54. The average molecular weight is 416 g/mol. The molecule has 31 heavy (non-hydrogen) atoms. The van der Waals surface area contributed by atoms with Crippen molar-refractivity contribution in [2.45, 2.75) is 6.92 Å². The van der Waals surface area contributed by atoms with Crippen molar-refractivity contribution in [2.75, 3.05) is 36.0 Å². The van der Waals surface area contributed by atoms with Gasteiger partial charge in [-0.2, -0.15) is 4.52 Å². The summed E-state index contributed by atoms with van der Waals surface area (Å²) >= 11 is 0. The van der Waals surface area contributed by atoms with Gasteiger partial charge in [0.25, 0.3) is 0 Å². The largest absolute Gasteiger partial charge is 0.368 e. The quantitative estimate of drug-likeness (QED) is 0.475. The van der Waals surface area contributed by atoms with Crippen LogP contribution in [0, 0.1) is 5.82 Å². The summed E-state index contributed by atoms with van der Waals surface area (Å²) in [5.41, 5.74) is 2.78. The van der Waals surface area contributed by atoms with Gasteiger partial charge in [-0.15, -0.1) is 15.3 Å². The maximum Gasteiger partial charge on any atom is 0.188 e. The number of aromatic nitrogens is 4. The van der Waals surface area contributed by atoms with Crippen molar-refractivity contribution in [3.63, 3.8) is 0 Å². The number of fused-ring (bicyclic) bond motifs is 1. The molecule has 5 rings (SSSR count). The number of hydrogen-bond acceptors (Lipinski definition) is 6. The number of ketones is 1. The smallest absolute Gasteiger partial charge is 0.188 e. The van der Waals surface area contributed by atoms with Crippen molar-refractivity contribution in [1.82, 2.24) is 19.8 Å². The predicted molar refractivity (Wildman–Crippen MR) is 117 cm³/mol. The third-order valence-electron chi connectivity index (χ3n) is 5.61. The lowest BCUT2D eigenvalue weighted by atomic mass is 10.1. The van der Waals surface area contributed by atoms with Crippen LogP contribution in [0.25, 0.3) is 17.0 Å². The highest BCUT2D eigenvalue weighted by Gasteiger charge is 2.20. The van der Waals surface area contributed by atoms with Gasteiger partial charge >= 0.3 is 0 Å². The highest BCUT2D eigenvalue weighted by atomic mass is 19.1. The molecule has 156 valence electrons. The minimum Gasteiger partial charge on any atom is -0.368 e. The summed E-state index contributed by atoms with van der Waals surface area (Å²) in [7, 11) is 0. The fourth-order valence-electron chi connectivity index (χ4n) is 3.86. The Balaban J connectivity index is 1.36. The van der Waals surface area contributed by atoms with Gasteiger partial charge < -0.3 is 9.80 Å². The molecule has 1 fully saturated rings. The fraction of sp³-hybridized carbons (Fsp3) is 0.217. The zero-order chi connectivity index (χ0) is 21.4. The van der Waals surface area contributed by atoms with Crippen LogP contribution in [0.15, 0.2) is 60.7 Å². The van der Waals surface area contributed by atoms with E-state index in [0.717, 1.165) is 43.2 Å². The van der Waals surface area contributed by atoms with Gasteiger partial charge in [0.2, 0.25) is 0 Å². The van der Waals surface area contributed by atoms with Crippen LogP contribution in [0.5, 0.6) is 0 Å². The zero-order valence-electron chi connectivity index (χ0n) is 17.1. The molecule has 1 aliphatic rings. The van der Waals surface area contributed by atoms with Gasteiger partial charge in [-0.05, 0) is 55.5 Å². The Morgan fingerprint density at radius 3 is 2.29 bits per heavy atom. The molecule has 8 heteroatoms. The maximum absolute atomic E-state index is 14.3. The van der Waals surface area contributed by atoms with Crippen LogP contribution < -0.4 is 9.80 Å². The second-order valence-electron chi connectivity index (χ2n) is 7.54. The Morgan fingerprint density at radius 1 is 0.871 bits per heavy atom. The van der Waals surface area contributed by atoms with Gasteiger partial charge in [0.1, 0.15) is 11.6 Å². The van der Waals surface area contributed by atoms with Crippen molar-refractivity contribution in [1.29, 1.82) is 0 Å². The molecule has 2 aromatic carbocycles. The van der Waals surface area contributed by atoms with E-state index in [2.05, 4.69) is 20.0 Å². The molecule has 1 aliphatic heterocycles. The molecule has 0 saturated carbocycles. The fourth-order valence-corrected chi connectivity index (χ4v) is 3.86. The van der Waals surface area contributed by atoms with Crippen LogP contribution in [0.3, 0.4) is 0 Å². The van der Waals surface area contributed by atoms with Crippen molar-refractivity contribution in [2.24, 2.45) is 0 Å². The number of Topliss-reactive ketones (excluding diaryl/α,β-unsaturated/α-hetero) is 1. The van der Waals surface area contributed by atoms with Crippen LogP contribution >= 0.6 is 0 Å². The highest BCUT2D eigenvalue weighted by molar-refractivity contribution is 5.94. The first-order chi connectivity index (χ1) is 15.1. The van der Waals surface area contributed by atoms with Crippen LogP contribution in [0.2, 0.25) is 0 Å². The summed E-state index contributed by atoms with van der Waals surface area (Å²) in [4.78, 5) is 16.0. The Labute approximate surface area is 178 Å². The number of anilines is 2. The number of rotatable bonds is 4. The molecule has 3 heterocycles. The lowest BCUT2D eigenvalue weighted by Gasteiger charge is -2.36. The molecule has 7 nitrogen and oxygen atoms in total. The van der Waals surface area contributed by atoms with Crippen LogP contribution in [0.1, 0.15) is 17.3 Å². The molecule has 0 amide bonds. The van der Waals surface area contributed by atoms with E-state index in [4.69, 9.17) is 5.10 Å². The summed E-state index contributed by atoms with van der Waals surface area (Å²) < 4.78 is 15.9. The van der Waals surface area contributed by atoms with Gasteiger partial charge in [0.15, 0.2) is 17.3 Å².